The number of sulfonamides is 1. The zero-order chi connectivity index (χ0) is 14.0. The number of primary sulfonamides is 1. The Hall–Kier alpha value is -1.77. The standard InChI is InChI=1S/C11H10N2O4S2/c12-19(16,17)7-8-1-2-10(9-3-4-18-6-9)11(5-8)13(14)15/h1-6H,7H2,(H2,12,16,17). The van der Waals surface area contributed by atoms with Gasteiger partial charge in [-0.1, -0.05) is 6.07 Å². The first kappa shape index (κ1) is 13.7. The molecular formula is C11H10N2O4S2. The Labute approximate surface area is 113 Å². The van der Waals surface area contributed by atoms with E-state index in [4.69, 9.17) is 5.14 Å². The van der Waals surface area contributed by atoms with Crippen molar-refractivity contribution >= 4 is 27.0 Å². The second kappa shape index (κ2) is 5.08. The third kappa shape index (κ3) is 3.37. The number of benzene rings is 1. The van der Waals surface area contributed by atoms with Crippen LogP contribution in [-0.2, 0) is 15.8 Å². The number of nitrogens with two attached hydrogens (primary N) is 1. The summed E-state index contributed by atoms with van der Waals surface area (Å²) in [4.78, 5) is 10.5. The van der Waals surface area contributed by atoms with Crippen LogP contribution in [0.3, 0.4) is 0 Å². The van der Waals surface area contributed by atoms with Crippen molar-refractivity contribution in [3.05, 3.63) is 50.7 Å². The molecule has 0 saturated heterocycles. The topological polar surface area (TPSA) is 103 Å². The Morgan fingerprint density at radius 2 is 2.05 bits per heavy atom. The maximum Gasteiger partial charge on any atom is 0.277 e. The number of nitro benzene ring substituents is 1. The minimum absolute atomic E-state index is 0.125. The highest BCUT2D eigenvalue weighted by atomic mass is 32.2. The summed E-state index contributed by atoms with van der Waals surface area (Å²) >= 11 is 1.43. The number of hydrogen-bond donors (Lipinski definition) is 1. The van der Waals surface area contributed by atoms with Crippen LogP contribution in [0.15, 0.2) is 35.0 Å². The number of nitro groups is 1. The van der Waals surface area contributed by atoms with E-state index in [1.165, 1.54) is 23.5 Å². The van der Waals surface area contributed by atoms with Gasteiger partial charge < -0.3 is 0 Å². The number of thiophene rings is 1. The van der Waals surface area contributed by atoms with E-state index < -0.39 is 20.7 Å². The lowest BCUT2D eigenvalue weighted by Gasteiger charge is -2.04. The molecule has 0 spiro atoms. The minimum atomic E-state index is -3.71. The Morgan fingerprint density at radius 3 is 2.58 bits per heavy atom. The van der Waals surface area contributed by atoms with Gasteiger partial charge in [0, 0.05) is 6.07 Å². The highest BCUT2D eigenvalue weighted by molar-refractivity contribution is 7.88. The molecule has 8 heteroatoms. The van der Waals surface area contributed by atoms with Crippen molar-refractivity contribution in [2.45, 2.75) is 5.75 Å². The highest BCUT2D eigenvalue weighted by Gasteiger charge is 2.17. The summed E-state index contributed by atoms with van der Waals surface area (Å²) in [5, 5.41) is 19.6. The van der Waals surface area contributed by atoms with Crippen LogP contribution in [0.4, 0.5) is 5.69 Å². The summed E-state index contributed by atoms with van der Waals surface area (Å²) in [6, 6.07) is 6.09. The summed E-state index contributed by atoms with van der Waals surface area (Å²) in [5.74, 6) is -0.419. The van der Waals surface area contributed by atoms with Crippen LogP contribution < -0.4 is 5.14 Å². The first-order valence-corrected chi connectivity index (χ1v) is 7.83. The lowest BCUT2D eigenvalue weighted by atomic mass is 10.0. The van der Waals surface area contributed by atoms with Crippen molar-refractivity contribution in [1.29, 1.82) is 0 Å². The SMILES string of the molecule is NS(=O)(=O)Cc1ccc(-c2ccsc2)c([N+](=O)[O-])c1. The van der Waals surface area contributed by atoms with Gasteiger partial charge in [0.2, 0.25) is 10.0 Å². The van der Waals surface area contributed by atoms with Gasteiger partial charge in [-0.05, 0) is 34.0 Å². The smallest absolute Gasteiger partial charge is 0.258 e. The maximum atomic E-state index is 11.1. The lowest BCUT2D eigenvalue weighted by Crippen LogP contribution is -2.14. The van der Waals surface area contributed by atoms with E-state index >= 15 is 0 Å². The molecule has 1 aromatic carbocycles. The molecule has 0 fully saturated rings. The monoisotopic (exact) mass is 298 g/mol. The molecule has 2 N–H and O–H groups in total. The maximum absolute atomic E-state index is 11.1. The first-order valence-electron chi connectivity index (χ1n) is 5.17. The molecule has 1 heterocycles. The van der Waals surface area contributed by atoms with Gasteiger partial charge in [0.05, 0.1) is 16.2 Å². The molecular weight excluding hydrogens is 288 g/mol. The molecule has 0 amide bonds. The molecule has 19 heavy (non-hydrogen) atoms. The zero-order valence-corrected chi connectivity index (χ0v) is 11.3. The molecule has 0 atom stereocenters. The van der Waals surface area contributed by atoms with E-state index in [9.17, 15) is 18.5 Å². The van der Waals surface area contributed by atoms with Gasteiger partial charge in [0.15, 0.2) is 0 Å². The van der Waals surface area contributed by atoms with E-state index in [-0.39, 0.29) is 5.69 Å². The van der Waals surface area contributed by atoms with Crippen molar-refractivity contribution < 1.29 is 13.3 Å². The van der Waals surface area contributed by atoms with Crippen LogP contribution >= 0.6 is 11.3 Å². The first-order chi connectivity index (χ1) is 8.87. The number of rotatable bonds is 4. The van der Waals surface area contributed by atoms with Gasteiger partial charge in [-0.15, -0.1) is 0 Å². The quantitative estimate of drug-likeness (QED) is 0.689. The lowest BCUT2D eigenvalue weighted by molar-refractivity contribution is -0.384. The molecule has 0 radical (unpaired) electrons. The normalized spacial score (nSPS) is 11.4. The summed E-state index contributed by atoms with van der Waals surface area (Å²) < 4.78 is 22.0. The Bertz CT molecular complexity index is 708. The second-order valence-corrected chi connectivity index (χ2v) is 6.32. The van der Waals surface area contributed by atoms with Gasteiger partial charge in [-0.25, -0.2) is 13.6 Å². The molecule has 100 valence electrons. The molecule has 6 nitrogen and oxygen atoms in total. The predicted octanol–water partition coefficient (Wildman–Crippen LogP) is 2.11. The van der Waals surface area contributed by atoms with E-state index in [2.05, 4.69) is 0 Å². The van der Waals surface area contributed by atoms with Crippen LogP contribution in [0.2, 0.25) is 0 Å². The summed E-state index contributed by atoms with van der Waals surface area (Å²) in [7, 11) is -3.71. The van der Waals surface area contributed by atoms with Crippen molar-refractivity contribution in [1.82, 2.24) is 0 Å². The van der Waals surface area contributed by atoms with E-state index in [1.807, 2.05) is 5.38 Å². The van der Waals surface area contributed by atoms with Crippen molar-refractivity contribution in [2.75, 3.05) is 0 Å². The summed E-state index contributed by atoms with van der Waals surface area (Å²) in [6.07, 6.45) is 0. The molecule has 2 aromatic rings. The number of hydrogen-bond acceptors (Lipinski definition) is 5. The van der Waals surface area contributed by atoms with Gasteiger partial charge >= 0.3 is 0 Å². The fourth-order valence-corrected chi connectivity index (χ4v) is 3.01. The fourth-order valence-electron chi connectivity index (χ4n) is 1.71. The molecule has 0 aliphatic heterocycles. The van der Waals surface area contributed by atoms with Crippen molar-refractivity contribution in [3.8, 4) is 11.1 Å². The van der Waals surface area contributed by atoms with Crippen LogP contribution in [0.1, 0.15) is 5.56 Å². The van der Waals surface area contributed by atoms with Gasteiger partial charge in [0.1, 0.15) is 0 Å². The molecule has 0 unspecified atom stereocenters. The fraction of sp³-hybridized carbons (Fsp3) is 0.0909. The van der Waals surface area contributed by atoms with Gasteiger partial charge in [-0.2, -0.15) is 11.3 Å². The average Bonchev–Trinajstić information content (AvgIpc) is 2.80. The van der Waals surface area contributed by atoms with E-state index in [1.54, 1.807) is 17.5 Å². The largest absolute Gasteiger partial charge is 0.277 e. The van der Waals surface area contributed by atoms with Crippen LogP contribution in [0.5, 0.6) is 0 Å². The minimum Gasteiger partial charge on any atom is -0.258 e. The van der Waals surface area contributed by atoms with Crippen molar-refractivity contribution in [2.24, 2.45) is 5.14 Å². The van der Waals surface area contributed by atoms with Crippen molar-refractivity contribution in [3.63, 3.8) is 0 Å². The van der Waals surface area contributed by atoms with Gasteiger partial charge in [0.25, 0.3) is 5.69 Å². The molecule has 1 aromatic heterocycles. The van der Waals surface area contributed by atoms with E-state index in [0.29, 0.717) is 11.1 Å². The Kier molecular flexibility index (Phi) is 3.65. The molecule has 0 aliphatic carbocycles. The van der Waals surface area contributed by atoms with Crippen LogP contribution in [0.25, 0.3) is 11.1 Å². The summed E-state index contributed by atoms with van der Waals surface area (Å²) in [5.41, 5.74) is 1.37. The van der Waals surface area contributed by atoms with Crippen LogP contribution in [0, 0.1) is 10.1 Å². The van der Waals surface area contributed by atoms with Gasteiger partial charge in [-0.3, -0.25) is 10.1 Å². The van der Waals surface area contributed by atoms with E-state index in [0.717, 1.165) is 5.56 Å². The van der Waals surface area contributed by atoms with Crippen LogP contribution in [-0.4, -0.2) is 13.3 Å². The molecule has 0 bridgehead atoms. The zero-order valence-electron chi connectivity index (χ0n) is 9.65. The molecule has 2 rings (SSSR count). The Morgan fingerprint density at radius 1 is 1.32 bits per heavy atom. The third-order valence-corrected chi connectivity index (χ3v) is 3.88. The average molecular weight is 298 g/mol. The third-order valence-electron chi connectivity index (χ3n) is 2.46. The predicted molar refractivity (Wildman–Crippen MR) is 73.2 cm³/mol. The number of nitrogens with zero attached hydrogens (tertiary/aromatic N) is 1. The summed E-state index contributed by atoms with van der Waals surface area (Å²) in [6.45, 7) is 0. The molecule has 0 saturated carbocycles. The second-order valence-electron chi connectivity index (χ2n) is 3.93. The highest BCUT2D eigenvalue weighted by Crippen LogP contribution is 2.32. The molecule has 0 aliphatic rings. The Balaban J connectivity index is 2.50.